The van der Waals surface area contributed by atoms with E-state index in [1.165, 1.54) is 0 Å². The van der Waals surface area contributed by atoms with Crippen molar-refractivity contribution in [3.63, 3.8) is 0 Å². The molecule has 0 aliphatic carbocycles. The van der Waals surface area contributed by atoms with Crippen LogP contribution < -0.4 is 4.74 Å². The fraction of sp³-hybridized carbons (Fsp3) is 0.667. The van der Waals surface area contributed by atoms with Gasteiger partial charge in [-0.3, -0.25) is 4.98 Å². The Morgan fingerprint density at radius 3 is 2.29 bits per heavy atom. The maximum atomic E-state index is 5.78. The second-order valence-electron chi connectivity index (χ2n) is 6.79. The highest BCUT2D eigenvalue weighted by Gasteiger charge is 2.16. The molecule has 0 bridgehead atoms. The van der Waals surface area contributed by atoms with Crippen LogP contribution in [0, 0.1) is 5.41 Å². The maximum absolute atomic E-state index is 5.78. The third-order valence-electron chi connectivity index (χ3n) is 2.62. The van der Waals surface area contributed by atoms with E-state index in [1.807, 2.05) is 18.3 Å². The van der Waals surface area contributed by atoms with Gasteiger partial charge < -0.3 is 4.74 Å². The van der Waals surface area contributed by atoms with Crippen molar-refractivity contribution >= 4 is 0 Å². The summed E-state index contributed by atoms with van der Waals surface area (Å²) in [4.78, 5) is 4.39. The Hall–Kier alpha value is -1.05. The number of pyridine rings is 1. The Morgan fingerprint density at radius 1 is 1.12 bits per heavy atom. The minimum Gasteiger partial charge on any atom is -0.493 e. The molecule has 17 heavy (non-hydrogen) atoms. The molecule has 0 aliphatic heterocycles. The van der Waals surface area contributed by atoms with Crippen LogP contribution in [0.1, 0.15) is 53.7 Å². The Morgan fingerprint density at radius 2 is 1.76 bits per heavy atom. The molecule has 0 spiro atoms. The quantitative estimate of drug-likeness (QED) is 0.783. The van der Waals surface area contributed by atoms with Gasteiger partial charge in [0.2, 0.25) is 0 Å². The van der Waals surface area contributed by atoms with Crippen LogP contribution in [0.5, 0.6) is 5.75 Å². The van der Waals surface area contributed by atoms with Crippen LogP contribution in [0.25, 0.3) is 0 Å². The predicted octanol–water partition coefficient (Wildman–Crippen LogP) is 4.19. The first-order valence-corrected chi connectivity index (χ1v) is 6.28. The average Bonchev–Trinajstić information content (AvgIpc) is 2.15. The van der Waals surface area contributed by atoms with E-state index in [9.17, 15) is 0 Å². The van der Waals surface area contributed by atoms with Crippen molar-refractivity contribution in [2.45, 2.75) is 53.4 Å². The van der Waals surface area contributed by atoms with Gasteiger partial charge in [0, 0.05) is 23.4 Å². The normalized spacial score (nSPS) is 12.6. The number of hydrogen-bond acceptors (Lipinski definition) is 2. The van der Waals surface area contributed by atoms with Crippen molar-refractivity contribution in [1.82, 2.24) is 4.98 Å². The highest BCUT2D eigenvalue weighted by molar-refractivity contribution is 5.26. The Kier molecular flexibility index (Phi) is 4.18. The van der Waals surface area contributed by atoms with E-state index >= 15 is 0 Å². The number of hydrogen-bond donors (Lipinski definition) is 0. The van der Waals surface area contributed by atoms with Crippen molar-refractivity contribution in [2.75, 3.05) is 6.61 Å². The van der Waals surface area contributed by atoms with Gasteiger partial charge in [0.05, 0.1) is 6.61 Å². The first kappa shape index (κ1) is 14.0. The molecule has 96 valence electrons. The van der Waals surface area contributed by atoms with Crippen LogP contribution in [0.4, 0.5) is 0 Å². The van der Waals surface area contributed by atoms with Crippen molar-refractivity contribution in [3.8, 4) is 5.75 Å². The van der Waals surface area contributed by atoms with Crippen LogP contribution in [0.2, 0.25) is 0 Å². The summed E-state index contributed by atoms with van der Waals surface area (Å²) in [6.45, 7) is 13.9. The van der Waals surface area contributed by atoms with E-state index in [4.69, 9.17) is 4.74 Å². The van der Waals surface area contributed by atoms with Gasteiger partial charge in [-0.15, -0.1) is 0 Å². The van der Waals surface area contributed by atoms with Crippen LogP contribution in [0.3, 0.4) is 0 Å². The number of aromatic nitrogens is 1. The maximum Gasteiger partial charge on any atom is 0.122 e. The summed E-state index contributed by atoms with van der Waals surface area (Å²) in [5, 5.41) is 0. The first-order valence-electron chi connectivity index (χ1n) is 6.28. The minimum atomic E-state index is 0.0728. The molecule has 0 unspecified atom stereocenters. The lowest BCUT2D eigenvalue weighted by atomic mass is 9.91. The molecule has 0 saturated carbocycles. The van der Waals surface area contributed by atoms with E-state index in [1.54, 1.807) is 0 Å². The summed E-state index contributed by atoms with van der Waals surface area (Å²) in [6, 6.07) is 3.97. The van der Waals surface area contributed by atoms with E-state index < -0.39 is 0 Å². The van der Waals surface area contributed by atoms with Crippen LogP contribution >= 0.6 is 0 Å². The number of nitrogens with zero attached hydrogens (tertiary/aromatic N) is 1. The fourth-order valence-corrected chi connectivity index (χ4v) is 1.39. The molecule has 1 aromatic rings. The molecule has 0 saturated heterocycles. The molecule has 0 aromatic carbocycles. The Bertz CT molecular complexity index is 358. The molecular weight excluding hydrogens is 210 g/mol. The summed E-state index contributed by atoms with van der Waals surface area (Å²) in [6.07, 6.45) is 2.88. The zero-order valence-corrected chi connectivity index (χ0v) is 12.0. The monoisotopic (exact) mass is 235 g/mol. The number of ether oxygens (including phenoxy) is 1. The minimum absolute atomic E-state index is 0.0728. The van der Waals surface area contributed by atoms with Gasteiger partial charge in [0.1, 0.15) is 5.75 Å². The zero-order valence-electron chi connectivity index (χ0n) is 12.0. The second kappa shape index (κ2) is 5.07. The highest BCUT2D eigenvalue weighted by Crippen LogP contribution is 2.24. The van der Waals surface area contributed by atoms with E-state index in [0.717, 1.165) is 24.5 Å². The highest BCUT2D eigenvalue weighted by atomic mass is 16.5. The van der Waals surface area contributed by atoms with Crippen molar-refractivity contribution in [3.05, 3.63) is 24.0 Å². The summed E-state index contributed by atoms with van der Waals surface area (Å²) >= 11 is 0. The molecule has 0 atom stereocenters. The van der Waals surface area contributed by atoms with Crippen molar-refractivity contribution in [2.24, 2.45) is 5.41 Å². The third-order valence-corrected chi connectivity index (χ3v) is 2.62. The lowest BCUT2D eigenvalue weighted by Crippen LogP contribution is -2.14. The molecule has 0 aliphatic rings. The first-order chi connectivity index (χ1) is 7.68. The van der Waals surface area contributed by atoms with Gasteiger partial charge in [0.25, 0.3) is 0 Å². The van der Waals surface area contributed by atoms with E-state index in [0.29, 0.717) is 5.41 Å². The molecule has 1 aromatic heterocycles. The van der Waals surface area contributed by atoms with Gasteiger partial charge in [-0.1, -0.05) is 41.5 Å². The Balaban J connectivity index is 2.61. The molecule has 0 amide bonds. The Labute approximate surface area is 105 Å². The summed E-state index contributed by atoms with van der Waals surface area (Å²) in [5.74, 6) is 0.925. The van der Waals surface area contributed by atoms with Crippen molar-refractivity contribution in [1.29, 1.82) is 0 Å². The second-order valence-corrected chi connectivity index (χ2v) is 6.79. The standard InChI is InChI=1S/C15H25NO/c1-14(2,3)8-10-17-12-7-9-16-13(11-12)15(4,5)6/h7,9,11H,8,10H2,1-6H3. The van der Waals surface area contributed by atoms with Gasteiger partial charge in [-0.05, 0) is 17.9 Å². The van der Waals surface area contributed by atoms with Crippen LogP contribution in [-0.4, -0.2) is 11.6 Å². The van der Waals surface area contributed by atoms with Gasteiger partial charge in [-0.2, -0.15) is 0 Å². The fourth-order valence-electron chi connectivity index (χ4n) is 1.39. The van der Waals surface area contributed by atoms with Gasteiger partial charge in [0.15, 0.2) is 0 Å². The largest absolute Gasteiger partial charge is 0.493 e. The van der Waals surface area contributed by atoms with Crippen LogP contribution in [0.15, 0.2) is 18.3 Å². The molecule has 2 heteroatoms. The summed E-state index contributed by atoms with van der Waals surface area (Å²) < 4.78 is 5.78. The molecule has 1 heterocycles. The topological polar surface area (TPSA) is 22.1 Å². The molecule has 2 nitrogen and oxygen atoms in total. The summed E-state index contributed by atoms with van der Waals surface area (Å²) in [5.41, 5.74) is 1.47. The SMILES string of the molecule is CC(C)(C)CCOc1ccnc(C(C)(C)C)c1. The molecule has 0 N–H and O–H groups in total. The lowest BCUT2D eigenvalue weighted by molar-refractivity contribution is 0.242. The molecule has 0 fully saturated rings. The van der Waals surface area contributed by atoms with E-state index in [2.05, 4.69) is 46.5 Å². The van der Waals surface area contributed by atoms with E-state index in [-0.39, 0.29) is 5.41 Å². The predicted molar refractivity (Wildman–Crippen MR) is 72.5 cm³/mol. The third kappa shape index (κ3) is 5.20. The average molecular weight is 235 g/mol. The molecular formula is C15H25NO. The summed E-state index contributed by atoms with van der Waals surface area (Å²) in [7, 11) is 0. The lowest BCUT2D eigenvalue weighted by Gasteiger charge is -2.20. The van der Waals surface area contributed by atoms with Crippen LogP contribution in [-0.2, 0) is 5.41 Å². The van der Waals surface area contributed by atoms with Crippen molar-refractivity contribution < 1.29 is 4.74 Å². The number of rotatable bonds is 3. The molecule has 1 rings (SSSR count). The molecule has 0 radical (unpaired) electrons. The smallest absolute Gasteiger partial charge is 0.122 e. The van der Waals surface area contributed by atoms with Gasteiger partial charge in [-0.25, -0.2) is 0 Å². The zero-order chi connectivity index (χ0) is 13.1. The van der Waals surface area contributed by atoms with Gasteiger partial charge >= 0.3 is 0 Å².